The number of methoxy groups -OCH3 is 1. The zero-order valence-electron chi connectivity index (χ0n) is 15.1. The van der Waals surface area contributed by atoms with E-state index in [1.807, 2.05) is 36.4 Å². The molecular formula is C22H17ClN2O3. The van der Waals surface area contributed by atoms with Crippen molar-refractivity contribution in [2.75, 3.05) is 7.11 Å². The van der Waals surface area contributed by atoms with E-state index in [1.54, 1.807) is 31.4 Å². The largest absolute Gasteiger partial charge is 0.497 e. The molecule has 0 heterocycles. The number of nitriles is 1. The van der Waals surface area contributed by atoms with Crippen LogP contribution in [0.15, 0.2) is 60.7 Å². The highest BCUT2D eigenvalue weighted by Gasteiger charge is 2.12. The normalized spacial score (nSPS) is 10.2. The molecule has 0 bridgehead atoms. The summed E-state index contributed by atoms with van der Waals surface area (Å²) in [7, 11) is 1.56. The van der Waals surface area contributed by atoms with Crippen molar-refractivity contribution < 1.29 is 14.3 Å². The third kappa shape index (κ3) is 4.43. The van der Waals surface area contributed by atoms with Crippen molar-refractivity contribution in [3.05, 3.63) is 76.8 Å². The number of halogens is 1. The second-order valence-electron chi connectivity index (χ2n) is 6.06. The molecule has 3 aromatic carbocycles. The molecule has 0 aliphatic carbocycles. The quantitative estimate of drug-likeness (QED) is 0.658. The van der Waals surface area contributed by atoms with Crippen LogP contribution in [0.2, 0.25) is 5.02 Å². The third-order valence-corrected chi connectivity index (χ3v) is 4.41. The summed E-state index contributed by atoms with van der Waals surface area (Å²) >= 11 is 6.20. The van der Waals surface area contributed by atoms with Gasteiger partial charge in [0.1, 0.15) is 17.2 Å². The maximum atomic E-state index is 11.4. The fraction of sp³-hybridized carbons (Fsp3) is 0.0909. The number of carbonyl (C=O) groups is 1. The van der Waals surface area contributed by atoms with Crippen molar-refractivity contribution in [2.24, 2.45) is 5.73 Å². The molecule has 0 spiro atoms. The Hall–Kier alpha value is -3.49. The van der Waals surface area contributed by atoms with Gasteiger partial charge in [-0.3, -0.25) is 4.79 Å². The van der Waals surface area contributed by atoms with Gasteiger partial charge in [-0.1, -0.05) is 35.9 Å². The Balaban J connectivity index is 2.05. The van der Waals surface area contributed by atoms with E-state index in [-0.39, 0.29) is 6.42 Å². The minimum absolute atomic E-state index is 0.125. The van der Waals surface area contributed by atoms with E-state index in [2.05, 4.69) is 6.07 Å². The van der Waals surface area contributed by atoms with Crippen molar-refractivity contribution in [1.82, 2.24) is 0 Å². The number of ether oxygens (including phenoxy) is 2. The number of amides is 1. The Labute approximate surface area is 167 Å². The number of hydrogen-bond acceptors (Lipinski definition) is 4. The van der Waals surface area contributed by atoms with Crippen LogP contribution in [0.5, 0.6) is 17.2 Å². The van der Waals surface area contributed by atoms with Crippen molar-refractivity contribution in [3.8, 4) is 34.4 Å². The van der Waals surface area contributed by atoms with Crippen LogP contribution in [0.25, 0.3) is 11.1 Å². The Morgan fingerprint density at radius 3 is 2.57 bits per heavy atom. The van der Waals surface area contributed by atoms with Crippen LogP contribution in [-0.2, 0) is 11.2 Å². The highest BCUT2D eigenvalue weighted by atomic mass is 35.5. The van der Waals surface area contributed by atoms with Crippen molar-refractivity contribution in [2.45, 2.75) is 6.42 Å². The molecule has 0 aromatic heterocycles. The monoisotopic (exact) mass is 392 g/mol. The van der Waals surface area contributed by atoms with Gasteiger partial charge in [0.05, 0.1) is 30.2 Å². The van der Waals surface area contributed by atoms with E-state index >= 15 is 0 Å². The van der Waals surface area contributed by atoms with Gasteiger partial charge in [0.25, 0.3) is 0 Å². The Bertz CT molecular complexity index is 1070. The average Bonchev–Trinajstić information content (AvgIpc) is 2.69. The van der Waals surface area contributed by atoms with Crippen LogP contribution in [0.4, 0.5) is 0 Å². The molecule has 0 atom stereocenters. The molecule has 2 N–H and O–H groups in total. The number of hydrogen-bond donors (Lipinski definition) is 1. The summed E-state index contributed by atoms with van der Waals surface area (Å²) in [5.74, 6) is 1.02. The summed E-state index contributed by atoms with van der Waals surface area (Å²) in [5.41, 5.74) is 8.27. The lowest BCUT2D eigenvalue weighted by molar-refractivity contribution is -0.117. The molecule has 0 unspecified atom stereocenters. The first-order valence-electron chi connectivity index (χ1n) is 8.43. The lowest BCUT2D eigenvalue weighted by Gasteiger charge is -2.14. The summed E-state index contributed by atoms with van der Waals surface area (Å²) in [5, 5.41) is 9.48. The smallest absolute Gasteiger partial charge is 0.221 e. The zero-order valence-corrected chi connectivity index (χ0v) is 15.9. The fourth-order valence-electron chi connectivity index (χ4n) is 2.83. The highest BCUT2D eigenvalue weighted by Crippen LogP contribution is 2.36. The summed E-state index contributed by atoms with van der Waals surface area (Å²) in [6.07, 6.45) is 0.125. The van der Waals surface area contributed by atoms with Crippen LogP contribution in [0, 0.1) is 11.3 Å². The minimum Gasteiger partial charge on any atom is -0.497 e. The molecule has 5 nitrogen and oxygen atoms in total. The van der Waals surface area contributed by atoms with E-state index in [1.165, 1.54) is 0 Å². The summed E-state index contributed by atoms with van der Waals surface area (Å²) in [6, 6.07) is 19.7. The Morgan fingerprint density at radius 2 is 1.86 bits per heavy atom. The first kappa shape index (κ1) is 19.3. The third-order valence-electron chi connectivity index (χ3n) is 4.10. The van der Waals surface area contributed by atoms with E-state index in [4.69, 9.17) is 32.1 Å². The number of nitrogens with two attached hydrogens (primary N) is 1. The lowest BCUT2D eigenvalue weighted by atomic mass is 9.97. The molecule has 1 amide bonds. The topological polar surface area (TPSA) is 85.3 Å². The zero-order chi connectivity index (χ0) is 20.1. The molecule has 0 saturated heterocycles. The summed E-state index contributed by atoms with van der Waals surface area (Å²) in [4.78, 5) is 11.4. The first-order chi connectivity index (χ1) is 13.5. The van der Waals surface area contributed by atoms with Crippen molar-refractivity contribution >= 4 is 17.5 Å². The maximum Gasteiger partial charge on any atom is 0.221 e. The number of rotatable bonds is 6. The van der Waals surface area contributed by atoms with Gasteiger partial charge in [0.15, 0.2) is 0 Å². The second-order valence-corrected chi connectivity index (χ2v) is 6.46. The van der Waals surface area contributed by atoms with E-state index in [0.717, 1.165) is 16.7 Å². The predicted octanol–water partition coefficient (Wildman–Crippen LogP) is 4.71. The molecule has 3 aromatic rings. The van der Waals surface area contributed by atoms with Gasteiger partial charge in [-0.2, -0.15) is 5.26 Å². The van der Waals surface area contributed by atoms with Gasteiger partial charge < -0.3 is 15.2 Å². The van der Waals surface area contributed by atoms with Crippen LogP contribution < -0.4 is 15.2 Å². The van der Waals surface area contributed by atoms with Gasteiger partial charge in [-0.15, -0.1) is 0 Å². The van der Waals surface area contributed by atoms with E-state index in [9.17, 15) is 4.79 Å². The van der Waals surface area contributed by atoms with Crippen molar-refractivity contribution in [3.63, 3.8) is 0 Å². The van der Waals surface area contributed by atoms with Crippen LogP contribution >= 0.6 is 11.6 Å². The van der Waals surface area contributed by atoms with Crippen LogP contribution in [-0.4, -0.2) is 13.0 Å². The number of primary amides is 1. The van der Waals surface area contributed by atoms with Gasteiger partial charge >= 0.3 is 0 Å². The summed E-state index contributed by atoms with van der Waals surface area (Å²) < 4.78 is 11.3. The number of benzene rings is 3. The lowest BCUT2D eigenvalue weighted by Crippen LogP contribution is -2.14. The van der Waals surface area contributed by atoms with Gasteiger partial charge in [-0.05, 0) is 41.0 Å². The molecule has 28 heavy (non-hydrogen) atoms. The maximum absolute atomic E-state index is 11.4. The van der Waals surface area contributed by atoms with Crippen LogP contribution in [0.1, 0.15) is 11.1 Å². The fourth-order valence-corrected chi connectivity index (χ4v) is 2.98. The van der Waals surface area contributed by atoms with Crippen molar-refractivity contribution in [1.29, 1.82) is 5.26 Å². The van der Waals surface area contributed by atoms with E-state index in [0.29, 0.717) is 27.8 Å². The molecule has 3 rings (SSSR count). The number of carbonyl (C=O) groups excluding carboxylic acids is 1. The molecular weight excluding hydrogens is 376 g/mol. The van der Waals surface area contributed by atoms with E-state index < -0.39 is 5.91 Å². The van der Waals surface area contributed by atoms with Crippen LogP contribution in [0.3, 0.4) is 0 Å². The minimum atomic E-state index is -0.410. The molecule has 0 radical (unpaired) electrons. The Kier molecular flexibility index (Phi) is 5.83. The Morgan fingerprint density at radius 1 is 1.11 bits per heavy atom. The molecule has 0 saturated carbocycles. The molecule has 0 aliphatic rings. The standard InChI is InChI=1S/C22H17ClN2O3/c1-27-17-9-16(19-5-3-2-4-15(19)11-22(25)26)10-18(12-17)28-21-8-14(13-24)6-7-20(21)23/h2-10,12H,11H2,1H3,(H2,25,26). The van der Waals surface area contributed by atoms with Gasteiger partial charge in [0.2, 0.25) is 5.91 Å². The first-order valence-corrected chi connectivity index (χ1v) is 8.81. The summed E-state index contributed by atoms with van der Waals surface area (Å²) in [6.45, 7) is 0. The second kappa shape index (κ2) is 8.47. The SMILES string of the molecule is COc1cc(Oc2cc(C#N)ccc2Cl)cc(-c2ccccc2CC(N)=O)c1. The molecule has 0 fully saturated rings. The number of nitrogens with zero attached hydrogens (tertiary/aromatic N) is 1. The molecule has 6 heteroatoms. The van der Waals surface area contributed by atoms with Gasteiger partial charge in [-0.25, -0.2) is 0 Å². The molecule has 140 valence electrons. The predicted molar refractivity (Wildman–Crippen MR) is 108 cm³/mol. The highest BCUT2D eigenvalue weighted by molar-refractivity contribution is 6.32. The average molecular weight is 393 g/mol. The van der Waals surface area contributed by atoms with Gasteiger partial charge in [0, 0.05) is 12.1 Å². The molecule has 0 aliphatic heterocycles.